The Morgan fingerprint density at radius 3 is 2.79 bits per heavy atom. The molecule has 7 heteroatoms. The Kier molecular flexibility index (Phi) is 3.80. The predicted molar refractivity (Wildman–Crippen MR) is 69.7 cm³/mol. The molecular weight excluding hydrogens is 268 g/mol. The molecule has 2 aromatic heterocycles. The fourth-order valence-corrected chi connectivity index (χ4v) is 2.06. The minimum Gasteiger partial charge on any atom is -0.478 e. The first kappa shape index (κ1) is 13.5. The quantitative estimate of drug-likeness (QED) is 0.928. The largest absolute Gasteiger partial charge is 0.478 e. The highest BCUT2D eigenvalue weighted by atomic mass is 35.5. The minimum atomic E-state index is -1.08. The summed E-state index contributed by atoms with van der Waals surface area (Å²) < 4.78 is 1.32. The van der Waals surface area contributed by atoms with Gasteiger partial charge in [0, 0.05) is 12.3 Å². The molecule has 0 aliphatic heterocycles. The molecule has 0 bridgehead atoms. The highest BCUT2D eigenvalue weighted by Gasteiger charge is 2.23. The average Bonchev–Trinajstić information content (AvgIpc) is 2.66. The Labute approximate surface area is 115 Å². The molecule has 0 saturated heterocycles. The lowest BCUT2D eigenvalue weighted by Crippen LogP contribution is -2.03. The molecule has 2 rings (SSSR count). The maximum atomic E-state index is 11.3. The average molecular weight is 281 g/mol. The van der Waals surface area contributed by atoms with Crippen LogP contribution >= 0.6 is 11.6 Å². The Balaban J connectivity index is 2.55. The number of carboxylic acid groups (broad SMARTS) is 1. The van der Waals surface area contributed by atoms with Crippen molar-refractivity contribution in [3.8, 4) is 5.82 Å². The molecule has 0 atom stereocenters. The van der Waals surface area contributed by atoms with Crippen molar-refractivity contribution in [1.82, 2.24) is 19.7 Å². The summed E-state index contributed by atoms with van der Waals surface area (Å²) in [5.74, 6) is -0.360. The lowest BCUT2D eigenvalue weighted by atomic mass is 10.1. The number of carbonyl (C=O) groups is 1. The van der Waals surface area contributed by atoms with E-state index in [2.05, 4.69) is 15.1 Å². The zero-order valence-electron chi connectivity index (χ0n) is 10.5. The van der Waals surface area contributed by atoms with Crippen molar-refractivity contribution in [2.75, 3.05) is 0 Å². The number of nitrogens with zero attached hydrogens (tertiary/aromatic N) is 4. The molecule has 0 aliphatic rings. The van der Waals surface area contributed by atoms with Crippen LogP contribution in [0.15, 0.2) is 18.6 Å². The number of halogens is 1. The Hall–Kier alpha value is -1.95. The van der Waals surface area contributed by atoms with Gasteiger partial charge >= 0.3 is 5.97 Å². The Bertz CT molecular complexity index is 595. The van der Waals surface area contributed by atoms with Gasteiger partial charge in [-0.1, -0.05) is 25.4 Å². The minimum absolute atomic E-state index is 0.0361. The summed E-state index contributed by atoms with van der Waals surface area (Å²) in [7, 11) is 0. The van der Waals surface area contributed by atoms with Crippen LogP contribution in [0.2, 0.25) is 5.15 Å². The predicted octanol–water partition coefficient (Wildman–Crippen LogP) is 2.21. The summed E-state index contributed by atoms with van der Waals surface area (Å²) in [6, 6.07) is 1.61. The topological polar surface area (TPSA) is 80.9 Å². The summed E-state index contributed by atoms with van der Waals surface area (Å²) in [6.45, 7) is 3.98. The first-order valence-electron chi connectivity index (χ1n) is 5.77. The lowest BCUT2D eigenvalue weighted by molar-refractivity contribution is 0.0696. The van der Waals surface area contributed by atoms with Crippen molar-refractivity contribution in [1.29, 1.82) is 0 Å². The van der Waals surface area contributed by atoms with Gasteiger partial charge in [-0.15, -0.1) is 0 Å². The molecule has 0 saturated carbocycles. The van der Waals surface area contributed by atoms with E-state index in [1.807, 2.05) is 13.8 Å². The number of rotatable bonds is 4. The summed E-state index contributed by atoms with van der Waals surface area (Å²) in [5, 5.41) is 13.6. The molecular formula is C12H13ClN4O2. The van der Waals surface area contributed by atoms with Crippen LogP contribution in [-0.4, -0.2) is 30.8 Å². The van der Waals surface area contributed by atoms with Gasteiger partial charge in [0.15, 0.2) is 5.82 Å². The summed E-state index contributed by atoms with van der Waals surface area (Å²) in [4.78, 5) is 19.1. The molecule has 100 valence electrons. The van der Waals surface area contributed by atoms with Crippen LogP contribution in [0.3, 0.4) is 0 Å². The number of hydrogen-bond donors (Lipinski definition) is 1. The van der Waals surface area contributed by atoms with Crippen molar-refractivity contribution >= 4 is 17.6 Å². The highest BCUT2D eigenvalue weighted by molar-refractivity contribution is 6.32. The van der Waals surface area contributed by atoms with Gasteiger partial charge in [-0.05, 0) is 12.3 Å². The third kappa shape index (κ3) is 2.73. The second kappa shape index (κ2) is 5.36. The lowest BCUT2D eigenvalue weighted by Gasteiger charge is -2.01. The zero-order valence-corrected chi connectivity index (χ0v) is 11.3. The summed E-state index contributed by atoms with van der Waals surface area (Å²) in [6.07, 6.45) is 3.44. The van der Waals surface area contributed by atoms with Crippen LogP contribution in [-0.2, 0) is 6.42 Å². The van der Waals surface area contributed by atoms with E-state index in [-0.39, 0.29) is 16.6 Å². The Morgan fingerprint density at radius 1 is 1.53 bits per heavy atom. The molecule has 2 heterocycles. The number of carboxylic acids is 1. The molecule has 0 aliphatic carbocycles. The van der Waals surface area contributed by atoms with Crippen LogP contribution in [0.5, 0.6) is 0 Å². The van der Waals surface area contributed by atoms with Crippen molar-refractivity contribution in [2.24, 2.45) is 5.92 Å². The van der Waals surface area contributed by atoms with E-state index < -0.39 is 5.97 Å². The molecule has 0 fully saturated rings. The maximum Gasteiger partial charge on any atom is 0.340 e. The van der Waals surface area contributed by atoms with Crippen LogP contribution < -0.4 is 0 Å². The maximum absolute atomic E-state index is 11.3. The van der Waals surface area contributed by atoms with Gasteiger partial charge in [-0.2, -0.15) is 5.10 Å². The van der Waals surface area contributed by atoms with Gasteiger partial charge < -0.3 is 5.11 Å². The fourth-order valence-electron chi connectivity index (χ4n) is 1.74. The van der Waals surface area contributed by atoms with Crippen LogP contribution in [0, 0.1) is 5.92 Å². The van der Waals surface area contributed by atoms with E-state index in [4.69, 9.17) is 11.6 Å². The van der Waals surface area contributed by atoms with Gasteiger partial charge in [0.2, 0.25) is 0 Å². The molecule has 2 aromatic rings. The standard InChI is InChI=1S/C12H13ClN4O2/c1-7(2)5-8-10(12(18)19)11(13)17(16-8)9-3-4-14-6-15-9/h3-4,6-7H,5H2,1-2H3,(H,18,19). The number of hydrogen-bond acceptors (Lipinski definition) is 4. The van der Waals surface area contributed by atoms with E-state index >= 15 is 0 Å². The monoisotopic (exact) mass is 280 g/mol. The smallest absolute Gasteiger partial charge is 0.340 e. The van der Waals surface area contributed by atoms with Crippen molar-refractivity contribution in [3.05, 3.63) is 35.0 Å². The van der Waals surface area contributed by atoms with Gasteiger partial charge in [0.1, 0.15) is 17.0 Å². The second-order valence-corrected chi connectivity index (χ2v) is 4.85. The first-order chi connectivity index (χ1) is 9.00. The Morgan fingerprint density at radius 2 is 2.26 bits per heavy atom. The fraction of sp³-hybridized carbons (Fsp3) is 0.333. The van der Waals surface area contributed by atoms with E-state index in [1.54, 1.807) is 12.3 Å². The normalized spacial score (nSPS) is 10.9. The third-order valence-corrected chi connectivity index (χ3v) is 2.85. The zero-order chi connectivity index (χ0) is 14.0. The molecule has 6 nitrogen and oxygen atoms in total. The van der Waals surface area contributed by atoms with Crippen molar-refractivity contribution in [3.63, 3.8) is 0 Å². The van der Waals surface area contributed by atoms with Gasteiger partial charge in [-0.25, -0.2) is 19.4 Å². The van der Waals surface area contributed by atoms with Crippen LogP contribution in [0.4, 0.5) is 0 Å². The van der Waals surface area contributed by atoms with E-state index in [0.29, 0.717) is 17.9 Å². The van der Waals surface area contributed by atoms with E-state index in [9.17, 15) is 9.90 Å². The van der Waals surface area contributed by atoms with E-state index in [1.165, 1.54) is 11.0 Å². The van der Waals surface area contributed by atoms with Crippen LogP contribution in [0.25, 0.3) is 5.82 Å². The van der Waals surface area contributed by atoms with Gasteiger partial charge in [0.25, 0.3) is 0 Å². The molecule has 0 unspecified atom stereocenters. The van der Waals surface area contributed by atoms with Gasteiger partial charge in [0.05, 0.1) is 5.69 Å². The van der Waals surface area contributed by atoms with Crippen molar-refractivity contribution in [2.45, 2.75) is 20.3 Å². The third-order valence-electron chi connectivity index (χ3n) is 2.50. The number of aromatic nitrogens is 4. The molecule has 0 aromatic carbocycles. The highest BCUT2D eigenvalue weighted by Crippen LogP contribution is 2.24. The molecule has 0 amide bonds. The molecule has 0 spiro atoms. The second-order valence-electron chi connectivity index (χ2n) is 4.50. The first-order valence-corrected chi connectivity index (χ1v) is 6.15. The van der Waals surface area contributed by atoms with Crippen molar-refractivity contribution < 1.29 is 9.90 Å². The summed E-state index contributed by atoms with van der Waals surface area (Å²) >= 11 is 6.10. The molecule has 0 radical (unpaired) electrons. The summed E-state index contributed by atoms with van der Waals surface area (Å²) in [5.41, 5.74) is 0.500. The van der Waals surface area contributed by atoms with Crippen LogP contribution in [0.1, 0.15) is 29.9 Å². The van der Waals surface area contributed by atoms with E-state index in [0.717, 1.165) is 0 Å². The van der Waals surface area contributed by atoms with Gasteiger partial charge in [-0.3, -0.25) is 0 Å². The molecule has 19 heavy (non-hydrogen) atoms. The SMILES string of the molecule is CC(C)Cc1nn(-c2ccncn2)c(Cl)c1C(=O)O. The number of aromatic carboxylic acids is 1. The molecule has 1 N–H and O–H groups in total.